The molecule has 0 bridgehead atoms. The molecule has 7 N–H and O–H groups in total. The number of rotatable bonds is 6. The summed E-state index contributed by atoms with van der Waals surface area (Å²) in [6.45, 7) is 13.6. The summed E-state index contributed by atoms with van der Waals surface area (Å²) in [6, 6.07) is 1.26. The van der Waals surface area contributed by atoms with E-state index < -0.39 is 66.1 Å². The number of aromatic nitrogens is 3. The van der Waals surface area contributed by atoms with Gasteiger partial charge in [0.05, 0.1) is 41.6 Å². The lowest BCUT2D eigenvalue weighted by Crippen LogP contribution is -2.78. The van der Waals surface area contributed by atoms with Gasteiger partial charge in [0.2, 0.25) is 15.5 Å². The Hall–Kier alpha value is -3.81. The van der Waals surface area contributed by atoms with Gasteiger partial charge >= 0.3 is 12.1 Å². The first-order chi connectivity index (χ1) is 24.1. The number of carbonyl (C=O) groups excluding carboxylic acids is 3. The van der Waals surface area contributed by atoms with Crippen LogP contribution in [-0.4, -0.2) is 122 Å². The van der Waals surface area contributed by atoms with Gasteiger partial charge in [0.25, 0.3) is 5.91 Å². The largest absolute Gasteiger partial charge is 0.492 e. The van der Waals surface area contributed by atoms with Gasteiger partial charge in [-0.25, -0.2) is 14.6 Å². The van der Waals surface area contributed by atoms with E-state index in [2.05, 4.69) is 82.0 Å². The summed E-state index contributed by atoms with van der Waals surface area (Å²) in [4.78, 5) is 46.1. The zero-order valence-electron chi connectivity index (χ0n) is 29.1. The Morgan fingerprint density at radius 2 is 1.94 bits per heavy atom. The van der Waals surface area contributed by atoms with Crippen molar-refractivity contribution in [1.29, 1.82) is 0 Å². The van der Waals surface area contributed by atoms with Crippen LogP contribution in [0.1, 0.15) is 36.2 Å². The van der Waals surface area contributed by atoms with Crippen LogP contribution in [0.2, 0.25) is 19.6 Å². The van der Waals surface area contributed by atoms with Gasteiger partial charge in [-0.3, -0.25) is 10.1 Å². The second kappa shape index (κ2) is 13.2. The molecule has 0 unspecified atom stereocenters. The minimum absolute atomic E-state index is 0.185. The Balaban J connectivity index is 1.32. The van der Waals surface area contributed by atoms with Crippen molar-refractivity contribution in [3.63, 3.8) is 0 Å². The average Bonchev–Trinajstić information content (AvgIpc) is 3.74. The Labute approximate surface area is 315 Å². The molecule has 2 aromatic rings. The van der Waals surface area contributed by atoms with Crippen LogP contribution >= 0.6 is 34.8 Å². The number of fused-ring (bicyclic) bond motifs is 1. The molecule has 5 heterocycles. The Kier molecular flexibility index (Phi) is 9.66. The molecule has 1 spiro atoms. The third-order valence-corrected chi connectivity index (χ3v) is 11.8. The average molecular weight is 800 g/mol. The smallest absolute Gasteiger partial charge is 0.414 e. The van der Waals surface area contributed by atoms with Crippen molar-refractivity contribution in [1.82, 2.24) is 46.5 Å². The number of aliphatic hydroxyl groups is 2. The number of nitrogens with one attached hydrogen (secondary N) is 5. The molecule has 2 fully saturated rings. The van der Waals surface area contributed by atoms with E-state index >= 15 is 0 Å². The number of alkyl halides is 3. The van der Waals surface area contributed by atoms with Gasteiger partial charge in [0, 0.05) is 18.7 Å². The van der Waals surface area contributed by atoms with Gasteiger partial charge in [-0.2, -0.15) is 4.68 Å². The Bertz CT molecular complexity index is 1830. The molecule has 0 aliphatic carbocycles. The summed E-state index contributed by atoms with van der Waals surface area (Å²) in [5.74, 6) is -2.97. The molecule has 3 amide bonds. The molecule has 4 aliphatic rings. The van der Waals surface area contributed by atoms with E-state index in [1.165, 1.54) is 4.90 Å². The predicted molar refractivity (Wildman–Crippen MR) is 194 cm³/mol. The zero-order chi connectivity index (χ0) is 38.0. The summed E-state index contributed by atoms with van der Waals surface area (Å²) < 4.78 is 10.2. The Morgan fingerprint density at radius 1 is 1.21 bits per heavy atom. The quantitative estimate of drug-likeness (QED) is 0.123. The van der Waals surface area contributed by atoms with Crippen LogP contribution in [0.4, 0.5) is 9.59 Å². The van der Waals surface area contributed by atoms with Crippen molar-refractivity contribution in [2.75, 3.05) is 26.3 Å². The number of alkyl carbamates (subject to hydrolysis) is 1. The minimum Gasteiger partial charge on any atom is -0.492 e. The molecule has 21 heteroatoms. The van der Waals surface area contributed by atoms with E-state index in [1.807, 2.05) is 6.07 Å². The fraction of sp³-hybridized carbons (Fsp3) is 0.548. The molecular formula is C31H41Cl3N10O7Si. The summed E-state index contributed by atoms with van der Waals surface area (Å²) in [5, 5.41) is 47.2. The number of para-hydroxylation sites is 1. The molecule has 1 aromatic heterocycles. The van der Waals surface area contributed by atoms with Gasteiger partial charge in [-0.1, -0.05) is 92.2 Å². The Morgan fingerprint density at radius 3 is 2.62 bits per heavy atom. The highest BCUT2D eigenvalue weighted by Gasteiger charge is 2.73. The van der Waals surface area contributed by atoms with Crippen molar-refractivity contribution in [2.24, 2.45) is 4.99 Å². The maximum Gasteiger partial charge on any atom is 0.414 e. The molecule has 6 rings (SSSR count). The van der Waals surface area contributed by atoms with Crippen LogP contribution in [0.25, 0.3) is 0 Å². The van der Waals surface area contributed by atoms with Crippen LogP contribution in [0.5, 0.6) is 5.75 Å². The molecule has 4 atom stereocenters. The number of guanidine groups is 1. The highest BCUT2D eigenvalue weighted by molar-refractivity contribution is 6.88. The van der Waals surface area contributed by atoms with E-state index in [0.29, 0.717) is 12.4 Å². The number of aliphatic imine (C=N–C) groups is 1. The fourth-order valence-electron chi connectivity index (χ4n) is 6.89. The maximum atomic E-state index is 13.9. The lowest BCUT2D eigenvalue weighted by atomic mass is 9.79. The van der Waals surface area contributed by atoms with Gasteiger partial charge in [0.1, 0.15) is 26.5 Å². The summed E-state index contributed by atoms with van der Waals surface area (Å²) >= 11 is 17.3. The SMILES string of the molecule is C=C1N[C@H]2[C@H](CNC(=O)n3cc([Si](C)(C)C)nn3)N=C(NC(=O)OCC(Cl)(Cl)Cl)N3C[C@H](NC(=O)c4cccc5c4OCCC5(C)C)C(O)(O)[C@]23N1. The summed E-state index contributed by atoms with van der Waals surface area (Å²) in [7, 11) is -1.87. The van der Waals surface area contributed by atoms with Crippen LogP contribution in [-0.2, 0) is 10.2 Å². The number of nitrogens with zero attached hydrogens (tertiary/aromatic N) is 5. The zero-order valence-corrected chi connectivity index (χ0v) is 32.4. The first kappa shape index (κ1) is 37.9. The maximum absolute atomic E-state index is 13.9. The standard InChI is InChI=1S/C31H41Cl3N10O7Si/c1-16-36-23-19(12-35-26(46)44-14-21(41-42-44)52(4,5)6)37-25(39-27(47)51-15-29(32,33)34)43-13-20(31(48,49)30(23,43)40-16)38-24(45)17-8-7-9-18-22(17)50-11-10-28(18,2)3/h7-9,14,19-20,23,36,40,48-49H,1,10-13,15H2,2-6H3,(H,35,46)(H,38,45)(H,37,39,47)/t19-,20-,23-,30-/m0/s1. The van der Waals surface area contributed by atoms with E-state index in [1.54, 1.807) is 18.3 Å². The number of hydrogen-bond donors (Lipinski definition) is 7. The van der Waals surface area contributed by atoms with Crippen molar-refractivity contribution in [2.45, 2.75) is 78.7 Å². The number of ether oxygens (including phenoxy) is 2. The highest BCUT2D eigenvalue weighted by atomic mass is 35.6. The van der Waals surface area contributed by atoms with Gasteiger partial charge in [-0.15, -0.1) is 5.10 Å². The molecule has 52 heavy (non-hydrogen) atoms. The minimum atomic E-state index is -2.76. The molecule has 4 aliphatic heterocycles. The molecule has 282 valence electrons. The second-order valence-corrected chi connectivity index (χ2v) is 22.4. The van der Waals surface area contributed by atoms with E-state index in [-0.39, 0.29) is 35.8 Å². The monoisotopic (exact) mass is 798 g/mol. The van der Waals surface area contributed by atoms with Gasteiger partial charge < -0.3 is 45.9 Å². The van der Waals surface area contributed by atoms with Crippen LogP contribution < -0.4 is 36.6 Å². The lowest BCUT2D eigenvalue weighted by Gasteiger charge is -2.49. The molecule has 0 radical (unpaired) electrons. The van der Waals surface area contributed by atoms with E-state index in [9.17, 15) is 24.6 Å². The highest BCUT2D eigenvalue weighted by Crippen LogP contribution is 2.45. The van der Waals surface area contributed by atoms with Crippen LogP contribution in [0.15, 0.2) is 41.8 Å². The lowest BCUT2D eigenvalue weighted by molar-refractivity contribution is -0.231. The van der Waals surface area contributed by atoms with E-state index in [0.717, 1.165) is 22.0 Å². The van der Waals surface area contributed by atoms with Crippen LogP contribution in [0.3, 0.4) is 0 Å². The third kappa shape index (κ3) is 6.87. The number of halogens is 3. The number of hydrogen-bond acceptors (Lipinski definition) is 13. The van der Waals surface area contributed by atoms with Crippen molar-refractivity contribution in [3.8, 4) is 5.75 Å². The predicted octanol–water partition coefficient (Wildman–Crippen LogP) is 0.800. The van der Waals surface area contributed by atoms with Gasteiger partial charge in [0.15, 0.2) is 5.66 Å². The normalized spacial score (nSPS) is 25.7. The van der Waals surface area contributed by atoms with Crippen molar-refractivity contribution in [3.05, 3.63) is 47.9 Å². The number of amides is 3. The van der Waals surface area contributed by atoms with Gasteiger partial charge in [-0.05, 0) is 17.9 Å². The van der Waals surface area contributed by atoms with Crippen molar-refractivity contribution < 1.29 is 34.1 Å². The third-order valence-electron chi connectivity index (χ3n) is 9.67. The first-order valence-corrected chi connectivity index (χ1v) is 21.1. The topological polar surface area (TPSA) is 217 Å². The number of benzene rings is 1. The number of carbonyl (C=O) groups is 3. The van der Waals surface area contributed by atoms with Crippen molar-refractivity contribution >= 4 is 72.2 Å². The summed E-state index contributed by atoms with van der Waals surface area (Å²) in [5.41, 5.74) is -1.09. The molecule has 2 saturated heterocycles. The molecule has 0 saturated carbocycles. The fourth-order valence-corrected chi connectivity index (χ4v) is 7.90. The van der Waals surface area contributed by atoms with E-state index in [4.69, 9.17) is 44.3 Å². The summed E-state index contributed by atoms with van der Waals surface area (Å²) in [6.07, 6.45) is 1.24. The molecule has 17 nitrogen and oxygen atoms in total. The second-order valence-electron chi connectivity index (χ2n) is 14.8. The first-order valence-electron chi connectivity index (χ1n) is 16.5. The molecule has 1 aromatic carbocycles. The van der Waals surface area contributed by atoms with Crippen LogP contribution in [0, 0.1) is 0 Å². The molecular weight excluding hydrogens is 759 g/mol.